The summed E-state index contributed by atoms with van der Waals surface area (Å²) in [6.07, 6.45) is 1.68. The summed E-state index contributed by atoms with van der Waals surface area (Å²) in [5, 5.41) is 0.508. The van der Waals surface area contributed by atoms with Crippen molar-refractivity contribution in [2.45, 2.75) is 17.7 Å². The van der Waals surface area contributed by atoms with Crippen LogP contribution < -0.4 is 9.62 Å². The van der Waals surface area contributed by atoms with Gasteiger partial charge in [-0.05, 0) is 42.7 Å². The van der Waals surface area contributed by atoms with Gasteiger partial charge in [-0.15, -0.1) is 11.6 Å². The van der Waals surface area contributed by atoms with Gasteiger partial charge in [0.2, 0.25) is 0 Å². The van der Waals surface area contributed by atoms with E-state index in [1.165, 1.54) is 0 Å². The number of hydrogen-bond acceptors (Lipinski definition) is 4. The summed E-state index contributed by atoms with van der Waals surface area (Å²) in [4.78, 5) is 2.25. The molecule has 3 rings (SSSR count). The molecule has 1 aliphatic rings. The Morgan fingerprint density at radius 1 is 1.07 bits per heavy atom. The molecular formula is C19H22Cl2N2O3S. The van der Waals surface area contributed by atoms with Crippen LogP contribution in [0.2, 0.25) is 5.02 Å². The van der Waals surface area contributed by atoms with Gasteiger partial charge in [-0.25, -0.2) is 8.42 Å². The average Bonchev–Trinajstić information content (AvgIpc) is 2.67. The number of anilines is 2. The van der Waals surface area contributed by atoms with E-state index in [2.05, 4.69) is 4.72 Å². The molecule has 146 valence electrons. The Bertz CT molecular complexity index is 867. The predicted molar refractivity (Wildman–Crippen MR) is 111 cm³/mol. The zero-order valence-corrected chi connectivity index (χ0v) is 17.2. The van der Waals surface area contributed by atoms with E-state index >= 15 is 0 Å². The fourth-order valence-electron chi connectivity index (χ4n) is 3.02. The molecule has 1 fully saturated rings. The fraction of sp³-hybridized carbons (Fsp3) is 0.368. The molecule has 0 bridgehead atoms. The molecule has 1 saturated heterocycles. The number of benzene rings is 2. The fourth-order valence-corrected chi connectivity index (χ4v) is 4.51. The van der Waals surface area contributed by atoms with Gasteiger partial charge in [0, 0.05) is 19.0 Å². The number of nitrogens with zero attached hydrogens (tertiary/aromatic N) is 1. The first-order valence-electron chi connectivity index (χ1n) is 8.80. The maximum Gasteiger partial charge on any atom is 0.261 e. The van der Waals surface area contributed by atoms with E-state index in [0.29, 0.717) is 48.6 Å². The molecule has 2 aromatic carbocycles. The summed E-state index contributed by atoms with van der Waals surface area (Å²) >= 11 is 12.1. The van der Waals surface area contributed by atoms with Crippen LogP contribution in [-0.4, -0.2) is 40.6 Å². The largest absolute Gasteiger partial charge is 0.378 e. The van der Waals surface area contributed by atoms with Crippen molar-refractivity contribution in [2.24, 2.45) is 0 Å². The molecule has 1 aliphatic heterocycles. The summed E-state index contributed by atoms with van der Waals surface area (Å²) < 4.78 is 33.8. The Kier molecular flexibility index (Phi) is 6.87. The number of aryl methyl sites for hydroxylation is 1. The van der Waals surface area contributed by atoms with E-state index in [1.807, 2.05) is 17.0 Å². The van der Waals surface area contributed by atoms with Crippen molar-refractivity contribution in [1.29, 1.82) is 0 Å². The molecule has 0 aliphatic carbocycles. The summed E-state index contributed by atoms with van der Waals surface area (Å²) in [5.41, 5.74) is 2.21. The standard InChI is InChI=1S/C19H22Cl2N2O3S/c20-10-2-3-15-6-8-16(9-7-15)27(24,25)22-18-5-1-4-17(21)19(18)23-11-13-26-14-12-23/h1,4-9,22H,2-3,10-14H2. The molecule has 0 radical (unpaired) electrons. The third kappa shape index (κ3) is 5.08. The van der Waals surface area contributed by atoms with Crippen LogP contribution in [0.5, 0.6) is 0 Å². The van der Waals surface area contributed by atoms with Crippen LogP contribution in [0.15, 0.2) is 47.4 Å². The normalized spacial score (nSPS) is 15.0. The van der Waals surface area contributed by atoms with E-state index in [-0.39, 0.29) is 4.90 Å². The second-order valence-corrected chi connectivity index (χ2v) is 8.74. The second kappa shape index (κ2) is 9.15. The Morgan fingerprint density at radius 3 is 2.44 bits per heavy atom. The molecule has 2 aromatic rings. The number of rotatable bonds is 7. The van der Waals surface area contributed by atoms with Crippen molar-refractivity contribution in [3.05, 3.63) is 53.1 Å². The molecule has 27 heavy (non-hydrogen) atoms. The molecule has 0 amide bonds. The van der Waals surface area contributed by atoms with Gasteiger partial charge in [-0.3, -0.25) is 4.72 Å². The van der Waals surface area contributed by atoms with Gasteiger partial charge in [0.1, 0.15) is 0 Å². The molecule has 5 nitrogen and oxygen atoms in total. The van der Waals surface area contributed by atoms with Crippen molar-refractivity contribution >= 4 is 44.6 Å². The molecule has 0 saturated carbocycles. The van der Waals surface area contributed by atoms with Gasteiger partial charge in [0.05, 0.1) is 34.5 Å². The first-order valence-corrected chi connectivity index (χ1v) is 11.2. The minimum Gasteiger partial charge on any atom is -0.378 e. The SMILES string of the molecule is O=S(=O)(Nc1cccc(Cl)c1N1CCOCC1)c1ccc(CCCCl)cc1. The lowest BCUT2D eigenvalue weighted by molar-refractivity contribution is 0.123. The number of alkyl halides is 1. The minimum atomic E-state index is -3.72. The highest BCUT2D eigenvalue weighted by molar-refractivity contribution is 7.92. The van der Waals surface area contributed by atoms with Crippen molar-refractivity contribution < 1.29 is 13.2 Å². The van der Waals surface area contributed by atoms with Crippen LogP contribution in [0.25, 0.3) is 0 Å². The smallest absolute Gasteiger partial charge is 0.261 e. The number of para-hydroxylation sites is 1. The lowest BCUT2D eigenvalue weighted by atomic mass is 10.1. The quantitative estimate of drug-likeness (QED) is 0.672. The van der Waals surface area contributed by atoms with Crippen LogP contribution >= 0.6 is 23.2 Å². The van der Waals surface area contributed by atoms with Gasteiger partial charge in [0.15, 0.2) is 0 Å². The molecule has 8 heteroatoms. The van der Waals surface area contributed by atoms with Crippen LogP contribution in [0, 0.1) is 0 Å². The highest BCUT2D eigenvalue weighted by atomic mass is 35.5. The summed E-state index contributed by atoms with van der Waals surface area (Å²) in [5.74, 6) is 0.584. The van der Waals surface area contributed by atoms with Gasteiger partial charge >= 0.3 is 0 Å². The Balaban J connectivity index is 1.84. The van der Waals surface area contributed by atoms with E-state index in [1.54, 1.807) is 30.3 Å². The van der Waals surface area contributed by atoms with E-state index in [0.717, 1.165) is 18.4 Å². The molecule has 0 atom stereocenters. The number of sulfonamides is 1. The summed E-state index contributed by atoms with van der Waals surface area (Å²) in [7, 11) is -3.72. The van der Waals surface area contributed by atoms with Gasteiger partial charge in [-0.2, -0.15) is 0 Å². The predicted octanol–water partition coefficient (Wildman–Crippen LogP) is 4.15. The van der Waals surface area contributed by atoms with Crippen LogP contribution in [0.1, 0.15) is 12.0 Å². The first-order chi connectivity index (χ1) is 13.0. The lowest BCUT2D eigenvalue weighted by Crippen LogP contribution is -2.37. The number of ether oxygens (including phenoxy) is 1. The number of nitrogens with one attached hydrogen (secondary N) is 1. The monoisotopic (exact) mass is 428 g/mol. The van der Waals surface area contributed by atoms with E-state index in [4.69, 9.17) is 27.9 Å². The Morgan fingerprint density at radius 2 is 1.78 bits per heavy atom. The first kappa shape index (κ1) is 20.3. The average molecular weight is 429 g/mol. The van der Waals surface area contributed by atoms with E-state index in [9.17, 15) is 8.42 Å². The number of hydrogen-bond donors (Lipinski definition) is 1. The highest BCUT2D eigenvalue weighted by Gasteiger charge is 2.22. The lowest BCUT2D eigenvalue weighted by Gasteiger charge is -2.31. The van der Waals surface area contributed by atoms with Gasteiger partial charge in [-0.1, -0.05) is 29.8 Å². The molecule has 1 N–H and O–H groups in total. The van der Waals surface area contributed by atoms with Gasteiger partial charge < -0.3 is 9.64 Å². The molecular weight excluding hydrogens is 407 g/mol. The highest BCUT2D eigenvalue weighted by Crippen LogP contribution is 2.35. The molecule has 0 unspecified atom stereocenters. The van der Waals surface area contributed by atoms with Crippen LogP contribution in [0.3, 0.4) is 0 Å². The second-order valence-electron chi connectivity index (χ2n) is 6.28. The third-order valence-electron chi connectivity index (χ3n) is 4.39. The van der Waals surface area contributed by atoms with Crippen molar-refractivity contribution in [2.75, 3.05) is 41.8 Å². The zero-order valence-electron chi connectivity index (χ0n) is 14.8. The maximum absolute atomic E-state index is 12.9. The van der Waals surface area contributed by atoms with Crippen molar-refractivity contribution in [3.63, 3.8) is 0 Å². The Hall–Kier alpha value is -1.47. The van der Waals surface area contributed by atoms with Crippen molar-refractivity contribution in [1.82, 2.24) is 0 Å². The zero-order chi connectivity index (χ0) is 19.3. The molecule has 0 spiro atoms. The number of halogens is 2. The van der Waals surface area contributed by atoms with Gasteiger partial charge in [0.25, 0.3) is 10.0 Å². The summed E-state index contributed by atoms with van der Waals surface area (Å²) in [6, 6.07) is 12.1. The topological polar surface area (TPSA) is 58.6 Å². The van der Waals surface area contributed by atoms with Crippen LogP contribution in [0.4, 0.5) is 11.4 Å². The Labute approximate surface area is 170 Å². The summed E-state index contributed by atoms with van der Waals surface area (Å²) in [6.45, 7) is 2.49. The maximum atomic E-state index is 12.9. The minimum absolute atomic E-state index is 0.213. The third-order valence-corrected chi connectivity index (χ3v) is 6.34. The molecule has 1 heterocycles. The molecule has 0 aromatic heterocycles. The van der Waals surface area contributed by atoms with Crippen LogP contribution in [-0.2, 0) is 21.2 Å². The number of morpholine rings is 1. The van der Waals surface area contributed by atoms with E-state index < -0.39 is 10.0 Å². The van der Waals surface area contributed by atoms with Crippen molar-refractivity contribution in [3.8, 4) is 0 Å².